The van der Waals surface area contributed by atoms with Crippen LogP contribution in [-0.2, 0) is 4.74 Å². The number of ether oxygens (including phenoxy) is 1. The smallest absolute Gasteiger partial charge is 0.450 e. The van der Waals surface area contributed by atoms with Crippen molar-refractivity contribution in [2.24, 2.45) is 11.3 Å². The number of rotatable bonds is 2. The van der Waals surface area contributed by atoms with Gasteiger partial charge < -0.3 is 9.84 Å². The summed E-state index contributed by atoms with van der Waals surface area (Å²) in [4.78, 5) is 10.3. The van der Waals surface area contributed by atoms with Crippen LogP contribution in [0.1, 0.15) is 13.8 Å². The SMILES string of the molecule is CC1(C)[C@H](OC(=O)O)[C@@H]1C=C(Cl)Cl. The summed E-state index contributed by atoms with van der Waals surface area (Å²) in [7, 11) is 0. The molecule has 1 aliphatic carbocycles. The van der Waals surface area contributed by atoms with E-state index in [4.69, 9.17) is 28.3 Å². The molecule has 1 fully saturated rings. The molecule has 0 saturated heterocycles. The van der Waals surface area contributed by atoms with Crippen LogP contribution in [-0.4, -0.2) is 17.4 Å². The third-order valence-electron chi connectivity index (χ3n) is 2.34. The Kier molecular flexibility index (Phi) is 2.78. The molecule has 0 radical (unpaired) electrons. The van der Waals surface area contributed by atoms with E-state index >= 15 is 0 Å². The van der Waals surface area contributed by atoms with Gasteiger partial charge in [-0.1, -0.05) is 37.0 Å². The molecule has 0 aromatic heterocycles. The van der Waals surface area contributed by atoms with Gasteiger partial charge in [-0.2, -0.15) is 0 Å². The average Bonchev–Trinajstić information content (AvgIpc) is 2.36. The average molecular weight is 225 g/mol. The summed E-state index contributed by atoms with van der Waals surface area (Å²) in [5.74, 6) is -0.0198. The van der Waals surface area contributed by atoms with Gasteiger partial charge in [0.15, 0.2) is 0 Å². The number of hydrogen-bond acceptors (Lipinski definition) is 2. The summed E-state index contributed by atoms with van der Waals surface area (Å²) in [6, 6.07) is 0. The molecule has 0 bridgehead atoms. The van der Waals surface area contributed by atoms with Gasteiger partial charge in [-0.3, -0.25) is 0 Å². The minimum Gasteiger partial charge on any atom is -0.450 e. The topological polar surface area (TPSA) is 46.5 Å². The Bertz CT molecular complexity index is 256. The third-order valence-corrected chi connectivity index (χ3v) is 2.59. The maximum atomic E-state index is 10.3. The maximum absolute atomic E-state index is 10.3. The third kappa shape index (κ3) is 2.29. The molecular formula is C8H10Cl2O3. The largest absolute Gasteiger partial charge is 0.506 e. The lowest BCUT2D eigenvalue weighted by atomic mass is 10.1. The molecule has 0 heterocycles. The number of hydrogen-bond donors (Lipinski definition) is 1. The predicted octanol–water partition coefficient (Wildman–Crippen LogP) is 3.02. The van der Waals surface area contributed by atoms with Gasteiger partial charge in [0.2, 0.25) is 0 Å². The quantitative estimate of drug-likeness (QED) is 0.734. The van der Waals surface area contributed by atoms with E-state index in [2.05, 4.69) is 4.74 Å². The molecule has 2 atom stereocenters. The molecule has 1 rings (SSSR count). The molecule has 13 heavy (non-hydrogen) atoms. The van der Waals surface area contributed by atoms with Crippen molar-refractivity contribution in [3.63, 3.8) is 0 Å². The monoisotopic (exact) mass is 224 g/mol. The molecule has 0 amide bonds. The normalized spacial score (nSPS) is 29.2. The molecule has 74 valence electrons. The second-order valence-corrected chi connectivity index (χ2v) is 4.62. The van der Waals surface area contributed by atoms with E-state index in [1.807, 2.05) is 13.8 Å². The minimum absolute atomic E-state index is 0.0198. The Hall–Kier alpha value is -0.410. The van der Waals surface area contributed by atoms with E-state index in [-0.39, 0.29) is 21.9 Å². The number of carboxylic acid groups (broad SMARTS) is 1. The highest BCUT2D eigenvalue weighted by Gasteiger charge is 2.60. The van der Waals surface area contributed by atoms with Gasteiger partial charge in [-0.05, 0) is 6.08 Å². The summed E-state index contributed by atoms with van der Waals surface area (Å²) in [5, 5.41) is 8.40. The van der Waals surface area contributed by atoms with E-state index in [1.165, 1.54) is 0 Å². The molecule has 0 unspecified atom stereocenters. The molecule has 0 aliphatic heterocycles. The summed E-state index contributed by atoms with van der Waals surface area (Å²) in [6.45, 7) is 3.80. The summed E-state index contributed by atoms with van der Waals surface area (Å²) < 4.78 is 4.79. The lowest BCUT2D eigenvalue weighted by Gasteiger charge is -1.99. The van der Waals surface area contributed by atoms with Crippen LogP contribution in [0.25, 0.3) is 0 Å². The Morgan fingerprint density at radius 2 is 2.08 bits per heavy atom. The van der Waals surface area contributed by atoms with Crippen LogP contribution in [0.4, 0.5) is 4.79 Å². The predicted molar refractivity (Wildman–Crippen MR) is 50.0 cm³/mol. The Morgan fingerprint density at radius 3 is 2.46 bits per heavy atom. The van der Waals surface area contributed by atoms with E-state index < -0.39 is 6.16 Å². The van der Waals surface area contributed by atoms with Crippen LogP contribution in [0.5, 0.6) is 0 Å². The molecule has 0 aromatic carbocycles. The zero-order valence-electron chi connectivity index (χ0n) is 7.25. The zero-order chi connectivity index (χ0) is 10.2. The van der Waals surface area contributed by atoms with Crippen molar-refractivity contribution in [3.8, 4) is 0 Å². The first kappa shape index (κ1) is 10.7. The summed E-state index contributed by atoms with van der Waals surface area (Å²) >= 11 is 10.9. The van der Waals surface area contributed by atoms with Crippen molar-refractivity contribution in [2.75, 3.05) is 0 Å². The van der Waals surface area contributed by atoms with Gasteiger partial charge in [-0.25, -0.2) is 4.79 Å². The highest BCUT2D eigenvalue weighted by atomic mass is 35.5. The summed E-state index contributed by atoms with van der Waals surface area (Å²) in [5.41, 5.74) is -0.201. The standard InChI is InChI=1S/C8H10Cl2O3/c1-8(2)4(3-5(9)10)6(8)13-7(11)12/h3-4,6H,1-2H3,(H,11,12)/t4-,6+/m0/s1. The zero-order valence-corrected chi connectivity index (χ0v) is 8.76. The van der Waals surface area contributed by atoms with Crippen LogP contribution in [0.2, 0.25) is 0 Å². The van der Waals surface area contributed by atoms with Gasteiger partial charge >= 0.3 is 6.16 Å². The van der Waals surface area contributed by atoms with Crippen molar-refractivity contribution in [1.82, 2.24) is 0 Å². The van der Waals surface area contributed by atoms with Gasteiger partial charge in [0.05, 0.1) is 0 Å². The second kappa shape index (κ2) is 3.39. The first-order valence-electron chi connectivity index (χ1n) is 3.78. The van der Waals surface area contributed by atoms with E-state index in [9.17, 15) is 4.79 Å². The molecule has 1 N–H and O–H groups in total. The van der Waals surface area contributed by atoms with Crippen molar-refractivity contribution in [2.45, 2.75) is 20.0 Å². The molecule has 5 heteroatoms. The summed E-state index contributed by atoms with van der Waals surface area (Å²) in [6.07, 6.45) is 0.00801. The molecule has 1 aliphatic rings. The Labute approximate surface area is 86.3 Å². The van der Waals surface area contributed by atoms with Crippen molar-refractivity contribution in [1.29, 1.82) is 0 Å². The fraction of sp³-hybridized carbons (Fsp3) is 0.625. The van der Waals surface area contributed by atoms with E-state index in [0.29, 0.717) is 0 Å². The number of carbonyl (C=O) groups is 1. The highest BCUT2D eigenvalue weighted by Crippen LogP contribution is 2.55. The van der Waals surface area contributed by atoms with Crippen LogP contribution in [0.3, 0.4) is 0 Å². The second-order valence-electron chi connectivity index (χ2n) is 3.61. The Balaban J connectivity index is 2.61. The molecular weight excluding hydrogens is 215 g/mol. The van der Waals surface area contributed by atoms with Gasteiger partial charge in [0.25, 0.3) is 0 Å². The lowest BCUT2D eigenvalue weighted by Crippen LogP contribution is -2.07. The Morgan fingerprint density at radius 1 is 1.54 bits per heavy atom. The van der Waals surface area contributed by atoms with Gasteiger partial charge in [0.1, 0.15) is 10.6 Å². The molecule has 1 saturated carbocycles. The van der Waals surface area contributed by atoms with Gasteiger partial charge in [-0.15, -0.1) is 0 Å². The lowest BCUT2D eigenvalue weighted by molar-refractivity contribution is 0.0732. The van der Waals surface area contributed by atoms with Crippen molar-refractivity contribution < 1.29 is 14.6 Å². The first-order chi connectivity index (χ1) is 5.85. The maximum Gasteiger partial charge on any atom is 0.506 e. The van der Waals surface area contributed by atoms with E-state index in [1.54, 1.807) is 6.08 Å². The van der Waals surface area contributed by atoms with Crippen molar-refractivity contribution in [3.05, 3.63) is 10.6 Å². The molecule has 3 nitrogen and oxygen atoms in total. The minimum atomic E-state index is -1.26. The first-order valence-corrected chi connectivity index (χ1v) is 4.53. The van der Waals surface area contributed by atoms with Crippen LogP contribution in [0, 0.1) is 11.3 Å². The van der Waals surface area contributed by atoms with Gasteiger partial charge in [0, 0.05) is 11.3 Å². The van der Waals surface area contributed by atoms with E-state index in [0.717, 1.165) is 0 Å². The van der Waals surface area contributed by atoms with Crippen LogP contribution >= 0.6 is 23.2 Å². The van der Waals surface area contributed by atoms with Crippen molar-refractivity contribution >= 4 is 29.4 Å². The fourth-order valence-electron chi connectivity index (χ4n) is 1.40. The van der Waals surface area contributed by atoms with Crippen LogP contribution < -0.4 is 0 Å². The fourth-order valence-corrected chi connectivity index (χ4v) is 1.67. The molecule has 0 spiro atoms. The van der Waals surface area contributed by atoms with Crippen LogP contribution in [0.15, 0.2) is 10.6 Å². The molecule has 0 aromatic rings. The number of halogens is 2. The highest BCUT2D eigenvalue weighted by molar-refractivity contribution is 6.55.